The van der Waals surface area contributed by atoms with E-state index in [1.807, 2.05) is 12.1 Å². The molecule has 0 spiro atoms. The average Bonchev–Trinajstić information content (AvgIpc) is 2.73. The molecule has 0 aliphatic rings. The Hall–Kier alpha value is -1.10. The van der Waals surface area contributed by atoms with Gasteiger partial charge < -0.3 is 9.84 Å². The molecule has 0 radical (unpaired) electrons. The van der Waals surface area contributed by atoms with Crippen molar-refractivity contribution >= 4 is 22.9 Å². The summed E-state index contributed by atoms with van der Waals surface area (Å²) in [5.41, 5.74) is 1.68. The van der Waals surface area contributed by atoms with E-state index in [1.54, 1.807) is 19.2 Å². The predicted octanol–water partition coefficient (Wildman–Crippen LogP) is 2.96. The molecular weight excluding hydrogens is 246 g/mol. The first-order valence-electron chi connectivity index (χ1n) is 4.65. The summed E-state index contributed by atoms with van der Waals surface area (Å²) in [6.07, 6.45) is 0. The molecule has 16 heavy (non-hydrogen) atoms. The Morgan fingerprint density at radius 1 is 1.38 bits per heavy atom. The van der Waals surface area contributed by atoms with Crippen molar-refractivity contribution in [2.24, 2.45) is 0 Å². The second-order valence-electron chi connectivity index (χ2n) is 3.12. The zero-order valence-electron chi connectivity index (χ0n) is 8.61. The zero-order valence-corrected chi connectivity index (χ0v) is 10.2. The van der Waals surface area contributed by atoms with Crippen molar-refractivity contribution in [3.8, 4) is 16.5 Å². The van der Waals surface area contributed by atoms with Crippen LogP contribution in [0.25, 0.3) is 11.3 Å². The maximum Gasteiger partial charge on any atom is 0.273 e. The van der Waals surface area contributed by atoms with E-state index in [1.165, 1.54) is 11.3 Å². The number of hydrogen-bond donors (Lipinski definition) is 1. The second-order valence-corrected chi connectivity index (χ2v) is 4.60. The fourth-order valence-corrected chi connectivity index (χ4v) is 2.24. The molecule has 1 N–H and O–H groups in total. The molecule has 0 aliphatic heterocycles. The van der Waals surface area contributed by atoms with Gasteiger partial charge in [0.05, 0.1) is 24.3 Å². The molecule has 1 aromatic carbocycles. The zero-order chi connectivity index (χ0) is 11.5. The van der Waals surface area contributed by atoms with Gasteiger partial charge in [-0.15, -0.1) is 0 Å². The summed E-state index contributed by atoms with van der Waals surface area (Å²) in [6, 6.07) is 7.33. The number of benzene rings is 1. The van der Waals surface area contributed by atoms with Crippen molar-refractivity contribution < 1.29 is 9.84 Å². The number of rotatable bonds is 3. The highest BCUT2D eigenvalue weighted by Crippen LogP contribution is 2.32. The summed E-state index contributed by atoms with van der Waals surface area (Å²) in [4.78, 5) is 5.08. The molecular formula is C11H10ClNO2S. The van der Waals surface area contributed by atoms with E-state index in [2.05, 4.69) is 4.98 Å². The van der Waals surface area contributed by atoms with E-state index in [0.717, 1.165) is 16.1 Å². The lowest BCUT2D eigenvalue weighted by atomic mass is 10.1. The molecule has 0 amide bonds. The number of aliphatic hydroxyl groups is 1. The Bertz CT molecular complexity index is 481. The van der Waals surface area contributed by atoms with E-state index in [0.29, 0.717) is 10.2 Å². The first-order chi connectivity index (χ1) is 7.74. The van der Waals surface area contributed by atoms with Crippen molar-refractivity contribution in [1.82, 2.24) is 4.98 Å². The Morgan fingerprint density at radius 2 is 2.06 bits per heavy atom. The number of nitrogens with zero attached hydrogens (tertiary/aromatic N) is 1. The maximum absolute atomic E-state index is 9.23. The minimum absolute atomic E-state index is 0.0427. The molecule has 0 unspecified atom stereocenters. The van der Waals surface area contributed by atoms with Gasteiger partial charge >= 0.3 is 0 Å². The molecule has 2 rings (SSSR count). The predicted molar refractivity (Wildman–Crippen MR) is 65.0 cm³/mol. The molecule has 0 saturated heterocycles. The highest BCUT2D eigenvalue weighted by Gasteiger charge is 2.12. The van der Waals surface area contributed by atoms with Gasteiger partial charge in [-0.3, -0.25) is 0 Å². The van der Waals surface area contributed by atoms with Gasteiger partial charge in [0.25, 0.3) is 5.19 Å². The molecule has 0 saturated carbocycles. The third kappa shape index (κ3) is 2.19. The smallest absolute Gasteiger partial charge is 0.273 e. The largest absolute Gasteiger partial charge is 0.473 e. The van der Waals surface area contributed by atoms with Crippen LogP contribution in [0.15, 0.2) is 24.3 Å². The quantitative estimate of drug-likeness (QED) is 0.917. The molecule has 0 bridgehead atoms. The summed E-state index contributed by atoms with van der Waals surface area (Å²) in [5.74, 6) is 0. The van der Waals surface area contributed by atoms with Crippen molar-refractivity contribution in [2.75, 3.05) is 7.11 Å². The number of aliphatic hydroxyl groups excluding tert-OH is 1. The van der Waals surface area contributed by atoms with Crippen LogP contribution >= 0.6 is 22.9 Å². The van der Waals surface area contributed by atoms with E-state index in [9.17, 15) is 5.11 Å². The van der Waals surface area contributed by atoms with Gasteiger partial charge in [-0.05, 0) is 12.1 Å². The van der Waals surface area contributed by atoms with Crippen molar-refractivity contribution in [1.29, 1.82) is 0 Å². The van der Waals surface area contributed by atoms with Crippen LogP contribution in [-0.2, 0) is 6.61 Å². The number of aromatic nitrogens is 1. The second kappa shape index (κ2) is 4.82. The van der Waals surface area contributed by atoms with E-state index in [4.69, 9.17) is 16.3 Å². The third-order valence-electron chi connectivity index (χ3n) is 2.11. The molecule has 1 aromatic heterocycles. The third-order valence-corrected chi connectivity index (χ3v) is 3.37. The first kappa shape index (κ1) is 11.4. The number of halogens is 1. The highest BCUT2D eigenvalue weighted by atomic mass is 35.5. The summed E-state index contributed by atoms with van der Waals surface area (Å²) in [7, 11) is 1.56. The molecule has 2 aromatic rings. The molecule has 0 fully saturated rings. The topological polar surface area (TPSA) is 42.4 Å². The van der Waals surface area contributed by atoms with Crippen LogP contribution in [0.5, 0.6) is 5.19 Å². The highest BCUT2D eigenvalue weighted by molar-refractivity contribution is 7.13. The lowest BCUT2D eigenvalue weighted by Gasteiger charge is -1.99. The summed E-state index contributed by atoms with van der Waals surface area (Å²) < 4.78 is 5.05. The van der Waals surface area contributed by atoms with Crippen LogP contribution in [0.3, 0.4) is 0 Å². The molecule has 0 atom stereocenters. The minimum atomic E-state index is -0.0427. The Balaban J connectivity index is 2.45. The molecule has 5 heteroatoms. The molecule has 0 aliphatic carbocycles. The SMILES string of the molecule is COc1nc(-c2ccc(Cl)cc2)c(CO)s1. The standard InChI is InChI=1S/C11H10ClNO2S/c1-15-11-13-10(9(6-14)16-11)7-2-4-8(12)5-3-7/h2-5,14H,6H2,1H3. The maximum atomic E-state index is 9.23. The number of methoxy groups -OCH3 is 1. The number of ether oxygens (including phenoxy) is 1. The lowest BCUT2D eigenvalue weighted by molar-refractivity contribution is 0.286. The fourth-order valence-electron chi connectivity index (χ4n) is 1.36. The van der Waals surface area contributed by atoms with Crippen molar-refractivity contribution in [3.63, 3.8) is 0 Å². The van der Waals surface area contributed by atoms with Crippen LogP contribution in [0.1, 0.15) is 4.88 Å². The minimum Gasteiger partial charge on any atom is -0.473 e. The van der Waals surface area contributed by atoms with Crippen molar-refractivity contribution in [2.45, 2.75) is 6.61 Å². The average molecular weight is 256 g/mol. The van der Waals surface area contributed by atoms with Gasteiger partial charge in [-0.25, -0.2) is 4.98 Å². The van der Waals surface area contributed by atoms with E-state index >= 15 is 0 Å². The van der Waals surface area contributed by atoms with Gasteiger partial charge in [0, 0.05) is 10.6 Å². The Kier molecular flexibility index (Phi) is 3.43. The number of hydrogen-bond acceptors (Lipinski definition) is 4. The summed E-state index contributed by atoms with van der Waals surface area (Å²) >= 11 is 7.16. The molecule has 84 valence electrons. The van der Waals surface area contributed by atoms with Crippen LogP contribution < -0.4 is 4.74 Å². The summed E-state index contributed by atoms with van der Waals surface area (Å²) in [6.45, 7) is -0.0427. The van der Waals surface area contributed by atoms with Crippen LogP contribution in [0, 0.1) is 0 Å². The Labute approximate surface area is 102 Å². The van der Waals surface area contributed by atoms with Gasteiger partial charge in [0.15, 0.2) is 0 Å². The van der Waals surface area contributed by atoms with Gasteiger partial charge in [0.2, 0.25) is 0 Å². The van der Waals surface area contributed by atoms with Gasteiger partial charge in [-0.1, -0.05) is 35.1 Å². The summed E-state index contributed by atoms with van der Waals surface area (Å²) in [5, 5.41) is 10.5. The van der Waals surface area contributed by atoms with Crippen LogP contribution in [0.4, 0.5) is 0 Å². The fraction of sp³-hybridized carbons (Fsp3) is 0.182. The Morgan fingerprint density at radius 3 is 2.62 bits per heavy atom. The van der Waals surface area contributed by atoms with E-state index < -0.39 is 0 Å². The van der Waals surface area contributed by atoms with Gasteiger partial charge in [0.1, 0.15) is 0 Å². The van der Waals surface area contributed by atoms with Crippen molar-refractivity contribution in [3.05, 3.63) is 34.2 Å². The van der Waals surface area contributed by atoms with Gasteiger partial charge in [-0.2, -0.15) is 0 Å². The molecule has 3 nitrogen and oxygen atoms in total. The molecule has 1 heterocycles. The van der Waals surface area contributed by atoms with Crippen LogP contribution in [-0.4, -0.2) is 17.2 Å². The monoisotopic (exact) mass is 255 g/mol. The first-order valence-corrected chi connectivity index (χ1v) is 5.84. The lowest BCUT2D eigenvalue weighted by Crippen LogP contribution is -1.85. The van der Waals surface area contributed by atoms with Crippen LogP contribution in [0.2, 0.25) is 5.02 Å². The van der Waals surface area contributed by atoms with E-state index in [-0.39, 0.29) is 6.61 Å². The normalized spacial score (nSPS) is 10.4. The number of thiazole rings is 1.